The molecular weight excluding hydrogens is 189 g/mol. The number of benzene rings is 1. The number of nitrogens with two attached hydrogens (primary N) is 1. The number of alkyl halides is 1. The quantitative estimate of drug-likeness (QED) is 0.807. The maximum atomic E-state index is 14.0. The van der Waals surface area contributed by atoms with Crippen LogP contribution in [0.4, 0.5) is 4.39 Å². The summed E-state index contributed by atoms with van der Waals surface area (Å²) in [6.07, 6.45) is 4.39. The van der Waals surface area contributed by atoms with Crippen LogP contribution >= 0.6 is 0 Å². The van der Waals surface area contributed by atoms with Crippen LogP contribution in [0.15, 0.2) is 24.3 Å². The lowest BCUT2D eigenvalue weighted by atomic mass is 9.76. The number of halogens is 1. The van der Waals surface area contributed by atoms with Gasteiger partial charge in [-0.2, -0.15) is 0 Å². The van der Waals surface area contributed by atoms with Crippen molar-refractivity contribution in [3.05, 3.63) is 35.4 Å². The molecule has 1 fully saturated rings. The first-order chi connectivity index (χ1) is 7.24. The Hall–Kier alpha value is -0.890. The molecule has 1 aliphatic rings. The fraction of sp³-hybridized carbons (Fsp3) is 0.538. The number of hydrogen-bond acceptors (Lipinski definition) is 1. The molecule has 2 N–H and O–H groups in total. The van der Waals surface area contributed by atoms with Crippen LogP contribution in [0, 0.1) is 0 Å². The van der Waals surface area contributed by atoms with E-state index in [0.29, 0.717) is 12.8 Å². The van der Waals surface area contributed by atoms with Gasteiger partial charge in [0.05, 0.1) is 0 Å². The van der Waals surface area contributed by atoms with E-state index in [4.69, 9.17) is 5.73 Å². The van der Waals surface area contributed by atoms with Gasteiger partial charge in [0.25, 0.3) is 0 Å². The summed E-state index contributed by atoms with van der Waals surface area (Å²) in [6.45, 7) is 0.717. The van der Waals surface area contributed by atoms with E-state index < -0.39 is 5.67 Å². The predicted octanol–water partition coefficient (Wildman–Crippen LogP) is 2.93. The van der Waals surface area contributed by atoms with E-state index in [0.717, 1.165) is 31.4 Å². The molecule has 1 aliphatic carbocycles. The van der Waals surface area contributed by atoms with Crippen molar-refractivity contribution in [1.82, 2.24) is 0 Å². The van der Waals surface area contributed by atoms with Crippen LogP contribution in [0.3, 0.4) is 0 Å². The highest BCUT2D eigenvalue weighted by molar-refractivity contribution is 5.29. The molecule has 1 aromatic carbocycles. The van der Waals surface area contributed by atoms with Crippen LogP contribution < -0.4 is 5.73 Å². The molecule has 15 heavy (non-hydrogen) atoms. The second-order valence-corrected chi connectivity index (χ2v) is 4.41. The van der Waals surface area contributed by atoms with Gasteiger partial charge in [-0.05, 0) is 49.8 Å². The molecule has 0 aromatic heterocycles. The molecule has 0 saturated heterocycles. The van der Waals surface area contributed by atoms with E-state index in [9.17, 15) is 4.39 Å². The largest absolute Gasteiger partial charge is 0.330 e. The van der Waals surface area contributed by atoms with Gasteiger partial charge >= 0.3 is 0 Å². The fourth-order valence-corrected chi connectivity index (χ4v) is 2.05. The normalized spacial score (nSPS) is 18.5. The molecule has 1 saturated carbocycles. The highest BCUT2D eigenvalue weighted by Gasteiger charge is 2.38. The lowest BCUT2D eigenvalue weighted by Gasteiger charge is -2.34. The van der Waals surface area contributed by atoms with Crippen LogP contribution in [0.5, 0.6) is 0 Å². The van der Waals surface area contributed by atoms with Gasteiger partial charge in [0.15, 0.2) is 0 Å². The van der Waals surface area contributed by atoms with E-state index in [1.165, 1.54) is 5.56 Å². The molecule has 0 amide bonds. The van der Waals surface area contributed by atoms with E-state index in [2.05, 4.69) is 0 Å². The molecule has 0 bridgehead atoms. The average molecular weight is 207 g/mol. The first-order valence-corrected chi connectivity index (χ1v) is 5.73. The minimum absolute atomic E-state index is 0.690. The molecule has 82 valence electrons. The van der Waals surface area contributed by atoms with Crippen molar-refractivity contribution in [2.45, 2.75) is 37.8 Å². The monoisotopic (exact) mass is 207 g/mol. The standard InChI is InChI=1S/C13H18FN/c14-13(8-2-9-13)12-6-4-11(5-7-12)3-1-10-15/h4-7H,1-3,8-10,15H2. The van der Waals surface area contributed by atoms with Crippen molar-refractivity contribution >= 4 is 0 Å². The summed E-state index contributed by atoms with van der Waals surface area (Å²) in [6, 6.07) is 7.94. The van der Waals surface area contributed by atoms with Crippen LogP contribution in [0.1, 0.15) is 36.8 Å². The Balaban J connectivity index is 2.03. The lowest BCUT2D eigenvalue weighted by molar-refractivity contribution is 0.0609. The molecule has 0 atom stereocenters. The third-order valence-corrected chi connectivity index (χ3v) is 3.29. The molecule has 0 heterocycles. The number of aryl methyl sites for hydroxylation is 1. The van der Waals surface area contributed by atoms with Gasteiger partial charge in [0.2, 0.25) is 0 Å². The van der Waals surface area contributed by atoms with Gasteiger partial charge in [0.1, 0.15) is 5.67 Å². The van der Waals surface area contributed by atoms with Gasteiger partial charge in [-0.25, -0.2) is 4.39 Å². The SMILES string of the molecule is NCCCc1ccc(C2(F)CCC2)cc1. The second kappa shape index (κ2) is 4.31. The molecule has 2 rings (SSSR count). The topological polar surface area (TPSA) is 26.0 Å². The maximum absolute atomic E-state index is 14.0. The Bertz CT molecular complexity index is 314. The summed E-state index contributed by atoms with van der Waals surface area (Å²) >= 11 is 0. The average Bonchev–Trinajstić information content (AvgIpc) is 2.24. The Morgan fingerprint density at radius 1 is 1.20 bits per heavy atom. The van der Waals surface area contributed by atoms with Crippen LogP contribution in [0.25, 0.3) is 0 Å². The Morgan fingerprint density at radius 2 is 1.87 bits per heavy atom. The molecule has 0 spiro atoms. The molecule has 0 radical (unpaired) electrons. The molecule has 0 unspecified atom stereocenters. The lowest BCUT2D eigenvalue weighted by Crippen LogP contribution is -2.28. The predicted molar refractivity (Wildman–Crippen MR) is 60.5 cm³/mol. The van der Waals surface area contributed by atoms with Crippen molar-refractivity contribution in [3.8, 4) is 0 Å². The third-order valence-electron chi connectivity index (χ3n) is 3.29. The first-order valence-electron chi connectivity index (χ1n) is 5.73. The summed E-state index contributed by atoms with van der Waals surface area (Å²) in [4.78, 5) is 0. The minimum Gasteiger partial charge on any atom is -0.330 e. The molecule has 0 aliphatic heterocycles. The van der Waals surface area contributed by atoms with Gasteiger partial charge in [-0.15, -0.1) is 0 Å². The number of rotatable bonds is 4. The highest BCUT2D eigenvalue weighted by Crippen LogP contribution is 2.44. The van der Waals surface area contributed by atoms with Gasteiger partial charge < -0.3 is 5.73 Å². The zero-order chi connectivity index (χ0) is 10.7. The summed E-state index contributed by atoms with van der Waals surface area (Å²) < 4.78 is 14.0. The number of hydrogen-bond donors (Lipinski definition) is 1. The molecular formula is C13H18FN. The zero-order valence-corrected chi connectivity index (χ0v) is 9.01. The fourth-order valence-electron chi connectivity index (χ4n) is 2.05. The van der Waals surface area contributed by atoms with Crippen molar-refractivity contribution in [2.24, 2.45) is 5.73 Å². The Kier molecular flexibility index (Phi) is 3.06. The van der Waals surface area contributed by atoms with Crippen molar-refractivity contribution in [2.75, 3.05) is 6.54 Å². The van der Waals surface area contributed by atoms with Gasteiger partial charge in [-0.1, -0.05) is 24.3 Å². The third kappa shape index (κ3) is 2.20. The maximum Gasteiger partial charge on any atom is 0.136 e. The zero-order valence-electron chi connectivity index (χ0n) is 9.01. The summed E-state index contributed by atoms with van der Waals surface area (Å²) in [5, 5.41) is 0. The van der Waals surface area contributed by atoms with Gasteiger partial charge in [-0.3, -0.25) is 0 Å². The van der Waals surface area contributed by atoms with Gasteiger partial charge in [0, 0.05) is 0 Å². The Morgan fingerprint density at radius 3 is 2.33 bits per heavy atom. The second-order valence-electron chi connectivity index (χ2n) is 4.41. The molecule has 1 nitrogen and oxygen atoms in total. The van der Waals surface area contributed by atoms with Crippen molar-refractivity contribution < 1.29 is 4.39 Å². The smallest absolute Gasteiger partial charge is 0.136 e. The van der Waals surface area contributed by atoms with Crippen LogP contribution in [0.2, 0.25) is 0 Å². The van der Waals surface area contributed by atoms with Crippen LogP contribution in [-0.2, 0) is 12.1 Å². The van der Waals surface area contributed by atoms with E-state index in [1.807, 2.05) is 24.3 Å². The highest BCUT2D eigenvalue weighted by atomic mass is 19.1. The molecule has 2 heteroatoms. The van der Waals surface area contributed by atoms with Crippen molar-refractivity contribution in [3.63, 3.8) is 0 Å². The Labute approximate surface area is 90.5 Å². The van der Waals surface area contributed by atoms with E-state index in [-0.39, 0.29) is 0 Å². The summed E-state index contributed by atoms with van der Waals surface area (Å²) in [7, 11) is 0. The first kappa shape index (κ1) is 10.6. The summed E-state index contributed by atoms with van der Waals surface area (Å²) in [5.41, 5.74) is 6.53. The van der Waals surface area contributed by atoms with E-state index in [1.54, 1.807) is 0 Å². The van der Waals surface area contributed by atoms with Crippen molar-refractivity contribution in [1.29, 1.82) is 0 Å². The molecule has 1 aromatic rings. The van der Waals surface area contributed by atoms with E-state index >= 15 is 0 Å². The minimum atomic E-state index is -1.02. The van der Waals surface area contributed by atoms with Crippen LogP contribution in [-0.4, -0.2) is 6.54 Å². The summed E-state index contributed by atoms with van der Waals surface area (Å²) in [5.74, 6) is 0.